The van der Waals surface area contributed by atoms with Gasteiger partial charge < -0.3 is 4.90 Å². The minimum Gasteiger partial charge on any atom is -0.362 e. The minimum atomic E-state index is -0.0633. The summed E-state index contributed by atoms with van der Waals surface area (Å²) in [6.45, 7) is 12.5. The van der Waals surface area contributed by atoms with Crippen LogP contribution in [0.1, 0.15) is 38.1 Å². The molecule has 0 saturated heterocycles. The van der Waals surface area contributed by atoms with Gasteiger partial charge in [0.05, 0.1) is 0 Å². The van der Waals surface area contributed by atoms with Crippen LogP contribution in [0.15, 0.2) is 35.3 Å². The standard InChI is InChI=1S/C15H20BrNO/c1-6-9-17(15(3,4)5)14-8-7-12(16)10-13(14)11(2)18/h6-8,10H,1,9H2,2-5H3. The van der Waals surface area contributed by atoms with Crippen LogP contribution < -0.4 is 4.90 Å². The molecule has 0 unspecified atom stereocenters. The van der Waals surface area contributed by atoms with E-state index >= 15 is 0 Å². The summed E-state index contributed by atoms with van der Waals surface area (Å²) in [6.07, 6.45) is 1.86. The first-order chi connectivity index (χ1) is 8.27. The number of halogens is 1. The van der Waals surface area contributed by atoms with Crippen molar-refractivity contribution in [3.63, 3.8) is 0 Å². The van der Waals surface area contributed by atoms with Gasteiger partial charge in [0.1, 0.15) is 0 Å². The quantitative estimate of drug-likeness (QED) is 0.605. The summed E-state index contributed by atoms with van der Waals surface area (Å²) in [6, 6.07) is 5.82. The fraction of sp³-hybridized carbons (Fsp3) is 0.400. The van der Waals surface area contributed by atoms with Crippen LogP contribution in [0.2, 0.25) is 0 Å². The molecule has 2 nitrogen and oxygen atoms in total. The van der Waals surface area contributed by atoms with Crippen molar-refractivity contribution >= 4 is 27.4 Å². The Morgan fingerprint density at radius 2 is 2.06 bits per heavy atom. The Labute approximate surface area is 118 Å². The van der Waals surface area contributed by atoms with E-state index in [0.29, 0.717) is 6.54 Å². The molecular formula is C15H20BrNO. The first-order valence-electron chi connectivity index (χ1n) is 5.96. The predicted molar refractivity (Wildman–Crippen MR) is 81.4 cm³/mol. The number of carbonyl (C=O) groups excluding carboxylic acids is 1. The molecule has 1 aromatic carbocycles. The average Bonchev–Trinajstić information content (AvgIpc) is 2.24. The second-order valence-electron chi connectivity index (χ2n) is 5.29. The Bertz CT molecular complexity index is 460. The van der Waals surface area contributed by atoms with Crippen LogP contribution >= 0.6 is 15.9 Å². The highest BCUT2D eigenvalue weighted by atomic mass is 79.9. The summed E-state index contributed by atoms with van der Waals surface area (Å²) >= 11 is 3.41. The number of carbonyl (C=O) groups is 1. The maximum absolute atomic E-state index is 11.8. The number of anilines is 1. The van der Waals surface area contributed by atoms with Gasteiger partial charge in [0.25, 0.3) is 0 Å². The monoisotopic (exact) mass is 309 g/mol. The Morgan fingerprint density at radius 1 is 1.44 bits per heavy atom. The van der Waals surface area contributed by atoms with E-state index in [4.69, 9.17) is 0 Å². The summed E-state index contributed by atoms with van der Waals surface area (Å²) in [5, 5.41) is 0. The number of benzene rings is 1. The van der Waals surface area contributed by atoms with Crippen LogP contribution in [0.25, 0.3) is 0 Å². The summed E-state index contributed by atoms with van der Waals surface area (Å²) in [5.41, 5.74) is 1.63. The van der Waals surface area contributed by atoms with Gasteiger partial charge in [-0.05, 0) is 45.9 Å². The first-order valence-corrected chi connectivity index (χ1v) is 6.75. The van der Waals surface area contributed by atoms with Gasteiger partial charge in [-0.1, -0.05) is 22.0 Å². The third kappa shape index (κ3) is 3.45. The van der Waals surface area contributed by atoms with Gasteiger partial charge in [0.15, 0.2) is 5.78 Å². The van der Waals surface area contributed by atoms with Crippen molar-refractivity contribution in [3.05, 3.63) is 40.9 Å². The summed E-state index contributed by atoms with van der Waals surface area (Å²) in [7, 11) is 0. The van der Waals surface area contributed by atoms with Crippen molar-refractivity contribution in [1.29, 1.82) is 0 Å². The van der Waals surface area contributed by atoms with Crippen molar-refractivity contribution in [2.75, 3.05) is 11.4 Å². The number of hydrogen-bond acceptors (Lipinski definition) is 2. The molecule has 0 aliphatic carbocycles. The van der Waals surface area contributed by atoms with Crippen molar-refractivity contribution in [2.45, 2.75) is 33.2 Å². The van der Waals surface area contributed by atoms with Crippen LogP contribution in [-0.4, -0.2) is 17.9 Å². The zero-order chi connectivity index (χ0) is 13.9. The highest BCUT2D eigenvalue weighted by Crippen LogP contribution is 2.30. The van der Waals surface area contributed by atoms with Gasteiger partial charge >= 0.3 is 0 Å². The molecule has 0 spiro atoms. The fourth-order valence-electron chi connectivity index (χ4n) is 1.89. The average molecular weight is 310 g/mol. The summed E-state index contributed by atoms with van der Waals surface area (Å²) in [4.78, 5) is 14.0. The molecule has 0 fully saturated rings. The van der Waals surface area contributed by atoms with E-state index in [2.05, 4.69) is 48.2 Å². The Kier molecular flexibility index (Phi) is 4.74. The molecule has 0 N–H and O–H groups in total. The second-order valence-corrected chi connectivity index (χ2v) is 6.20. The molecule has 1 rings (SSSR count). The van der Waals surface area contributed by atoms with Gasteiger partial charge in [0.2, 0.25) is 0 Å². The number of rotatable bonds is 4. The van der Waals surface area contributed by atoms with E-state index in [1.165, 1.54) is 0 Å². The minimum absolute atomic E-state index is 0.0633. The highest BCUT2D eigenvalue weighted by Gasteiger charge is 2.23. The molecule has 0 amide bonds. The van der Waals surface area contributed by atoms with E-state index in [0.717, 1.165) is 15.7 Å². The molecule has 0 radical (unpaired) electrons. The molecular weight excluding hydrogens is 290 g/mol. The fourth-order valence-corrected chi connectivity index (χ4v) is 2.25. The van der Waals surface area contributed by atoms with Gasteiger partial charge in [-0.2, -0.15) is 0 Å². The molecule has 0 saturated carbocycles. The molecule has 0 aromatic heterocycles. The van der Waals surface area contributed by atoms with Crippen LogP contribution in [0.5, 0.6) is 0 Å². The molecule has 18 heavy (non-hydrogen) atoms. The zero-order valence-electron chi connectivity index (χ0n) is 11.5. The van der Waals surface area contributed by atoms with Gasteiger partial charge in [-0.25, -0.2) is 0 Å². The smallest absolute Gasteiger partial charge is 0.161 e. The third-order valence-corrected chi connectivity index (χ3v) is 3.24. The molecule has 3 heteroatoms. The summed E-state index contributed by atoms with van der Waals surface area (Å²) < 4.78 is 0.920. The molecule has 98 valence electrons. The van der Waals surface area contributed by atoms with Crippen molar-refractivity contribution < 1.29 is 4.79 Å². The summed E-state index contributed by atoms with van der Waals surface area (Å²) in [5.74, 6) is 0.0737. The van der Waals surface area contributed by atoms with Gasteiger partial charge in [-0.3, -0.25) is 4.79 Å². The first kappa shape index (κ1) is 15.0. The van der Waals surface area contributed by atoms with Crippen molar-refractivity contribution in [1.82, 2.24) is 0 Å². The van der Waals surface area contributed by atoms with Gasteiger partial charge in [0, 0.05) is 27.8 Å². The van der Waals surface area contributed by atoms with Crippen LogP contribution in [-0.2, 0) is 0 Å². The number of hydrogen-bond donors (Lipinski definition) is 0. The lowest BCUT2D eigenvalue weighted by molar-refractivity contribution is 0.101. The van der Waals surface area contributed by atoms with E-state index in [1.807, 2.05) is 24.3 Å². The SMILES string of the molecule is C=CCN(c1ccc(Br)cc1C(C)=O)C(C)(C)C. The number of ketones is 1. The molecule has 0 bridgehead atoms. The lowest BCUT2D eigenvalue weighted by Crippen LogP contribution is -2.42. The lowest BCUT2D eigenvalue weighted by Gasteiger charge is -2.38. The third-order valence-electron chi connectivity index (χ3n) is 2.75. The van der Waals surface area contributed by atoms with Crippen molar-refractivity contribution in [2.24, 2.45) is 0 Å². The van der Waals surface area contributed by atoms with E-state index < -0.39 is 0 Å². The number of nitrogens with zero attached hydrogens (tertiary/aromatic N) is 1. The van der Waals surface area contributed by atoms with Crippen LogP contribution in [0.3, 0.4) is 0 Å². The predicted octanol–water partition coefficient (Wildman–Crippen LogP) is 4.44. The Hall–Kier alpha value is -1.09. The molecule has 0 atom stereocenters. The topological polar surface area (TPSA) is 20.3 Å². The normalized spacial score (nSPS) is 11.2. The van der Waals surface area contributed by atoms with Crippen LogP contribution in [0, 0.1) is 0 Å². The number of Topliss-reactive ketones (excluding diaryl/α,β-unsaturated/α-hetero) is 1. The molecule has 1 aromatic rings. The molecule has 0 heterocycles. The highest BCUT2D eigenvalue weighted by molar-refractivity contribution is 9.10. The largest absolute Gasteiger partial charge is 0.362 e. The van der Waals surface area contributed by atoms with Crippen LogP contribution in [0.4, 0.5) is 5.69 Å². The Balaban J connectivity index is 3.36. The maximum atomic E-state index is 11.8. The van der Waals surface area contributed by atoms with E-state index in [1.54, 1.807) is 6.92 Å². The molecule has 0 aliphatic rings. The Morgan fingerprint density at radius 3 is 2.50 bits per heavy atom. The second kappa shape index (κ2) is 5.70. The van der Waals surface area contributed by atoms with Crippen molar-refractivity contribution in [3.8, 4) is 0 Å². The zero-order valence-corrected chi connectivity index (χ0v) is 13.0. The van der Waals surface area contributed by atoms with E-state index in [-0.39, 0.29) is 11.3 Å². The van der Waals surface area contributed by atoms with Gasteiger partial charge in [-0.15, -0.1) is 6.58 Å². The maximum Gasteiger partial charge on any atom is 0.161 e. The lowest BCUT2D eigenvalue weighted by atomic mass is 10.0. The molecule has 0 aliphatic heterocycles. The van der Waals surface area contributed by atoms with E-state index in [9.17, 15) is 4.79 Å².